The van der Waals surface area contributed by atoms with Gasteiger partial charge in [0.15, 0.2) is 0 Å². The average Bonchev–Trinajstić information content (AvgIpc) is 2.16. The minimum absolute atomic E-state index is 0.193. The molecule has 82 valence electrons. The van der Waals surface area contributed by atoms with Gasteiger partial charge in [-0.1, -0.05) is 26.8 Å². The highest BCUT2D eigenvalue weighted by molar-refractivity contribution is 5.66. The number of ether oxygens (including phenoxy) is 1. The van der Waals surface area contributed by atoms with Crippen LogP contribution < -0.4 is 10.1 Å². The second-order valence-corrected chi connectivity index (χ2v) is 5.14. The van der Waals surface area contributed by atoms with Crippen molar-refractivity contribution in [1.29, 1.82) is 0 Å². The topological polar surface area (TPSA) is 21.3 Å². The molecule has 0 amide bonds. The largest absolute Gasteiger partial charge is 0.490 e. The predicted octanol–water partition coefficient (Wildman–Crippen LogP) is 3.10. The molecule has 0 spiro atoms. The third-order valence-corrected chi connectivity index (χ3v) is 2.90. The summed E-state index contributed by atoms with van der Waals surface area (Å²) in [5, 5.41) is 3.42. The molecule has 0 aliphatic carbocycles. The van der Waals surface area contributed by atoms with Crippen LogP contribution in [0.4, 0.5) is 5.69 Å². The van der Waals surface area contributed by atoms with Crippen molar-refractivity contribution < 1.29 is 4.74 Å². The lowest BCUT2D eigenvalue weighted by Gasteiger charge is -2.27. The lowest BCUT2D eigenvalue weighted by molar-refractivity contribution is 0.322. The molecule has 15 heavy (non-hydrogen) atoms. The van der Waals surface area contributed by atoms with E-state index in [1.807, 2.05) is 0 Å². The fraction of sp³-hybridized carbons (Fsp3) is 0.538. The maximum absolute atomic E-state index is 5.61. The van der Waals surface area contributed by atoms with Crippen molar-refractivity contribution in [3.63, 3.8) is 0 Å². The molecule has 1 aliphatic heterocycles. The van der Waals surface area contributed by atoms with E-state index in [1.165, 1.54) is 16.8 Å². The van der Waals surface area contributed by atoms with Crippen LogP contribution in [0.15, 0.2) is 12.1 Å². The summed E-state index contributed by atoms with van der Waals surface area (Å²) in [4.78, 5) is 0. The summed E-state index contributed by atoms with van der Waals surface area (Å²) in [5.41, 5.74) is 4.07. The highest BCUT2D eigenvalue weighted by atomic mass is 16.5. The second kappa shape index (κ2) is 3.44. The van der Waals surface area contributed by atoms with E-state index >= 15 is 0 Å². The summed E-state index contributed by atoms with van der Waals surface area (Å²) in [6.07, 6.45) is 0. The van der Waals surface area contributed by atoms with Gasteiger partial charge in [-0.15, -0.1) is 0 Å². The molecule has 0 radical (unpaired) electrons. The van der Waals surface area contributed by atoms with E-state index in [9.17, 15) is 0 Å². The first-order valence-electron chi connectivity index (χ1n) is 5.51. The Labute approximate surface area is 91.6 Å². The Morgan fingerprint density at radius 1 is 1.27 bits per heavy atom. The molecule has 2 heteroatoms. The van der Waals surface area contributed by atoms with Crippen LogP contribution in [0.3, 0.4) is 0 Å². The second-order valence-electron chi connectivity index (χ2n) is 5.14. The van der Waals surface area contributed by atoms with E-state index in [-0.39, 0.29) is 5.41 Å². The van der Waals surface area contributed by atoms with Crippen LogP contribution in [0.2, 0.25) is 0 Å². The summed E-state index contributed by atoms with van der Waals surface area (Å²) >= 11 is 0. The molecule has 1 aromatic carbocycles. The zero-order valence-electron chi connectivity index (χ0n) is 9.98. The summed E-state index contributed by atoms with van der Waals surface area (Å²) in [7, 11) is 0. The van der Waals surface area contributed by atoms with Crippen LogP contribution in [0.25, 0.3) is 0 Å². The van der Waals surface area contributed by atoms with Gasteiger partial charge in [-0.05, 0) is 29.5 Å². The first-order chi connectivity index (χ1) is 7.00. The maximum Gasteiger partial charge on any atom is 0.142 e. The Bertz CT molecular complexity index is 377. The van der Waals surface area contributed by atoms with Gasteiger partial charge in [-0.25, -0.2) is 0 Å². The molecule has 0 saturated carbocycles. The lowest BCUT2D eigenvalue weighted by Crippen LogP contribution is -2.21. The molecule has 1 heterocycles. The molecule has 0 aromatic heterocycles. The van der Waals surface area contributed by atoms with E-state index in [0.717, 1.165) is 18.9 Å². The number of rotatable bonds is 0. The molecule has 2 rings (SSSR count). The van der Waals surface area contributed by atoms with E-state index in [1.54, 1.807) is 0 Å². The number of anilines is 1. The van der Waals surface area contributed by atoms with Crippen molar-refractivity contribution in [2.24, 2.45) is 0 Å². The fourth-order valence-electron chi connectivity index (χ4n) is 2.18. The smallest absolute Gasteiger partial charge is 0.142 e. The number of nitrogens with one attached hydrogen (secondary N) is 1. The minimum atomic E-state index is 0.193. The van der Waals surface area contributed by atoms with Crippen LogP contribution in [0.5, 0.6) is 5.75 Å². The number of hydrogen-bond donors (Lipinski definition) is 1. The molecule has 0 saturated heterocycles. The minimum Gasteiger partial charge on any atom is -0.490 e. The molecule has 1 N–H and O–H groups in total. The van der Waals surface area contributed by atoms with Gasteiger partial charge < -0.3 is 10.1 Å². The molecule has 0 bridgehead atoms. The van der Waals surface area contributed by atoms with Crippen molar-refractivity contribution in [1.82, 2.24) is 0 Å². The van der Waals surface area contributed by atoms with Gasteiger partial charge in [-0.3, -0.25) is 0 Å². The fourth-order valence-corrected chi connectivity index (χ4v) is 2.18. The molecular weight excluding hydrogens is 186 g/mol. The van der Waals surface area contributed by atoms with Gasteiger partial charge in [-0.2, -0.15) is 0 Å². The van der Waals surface area contributed by atoms with E-state index in [4.69, 9.17) is 4.74 Å². The quantitative estimate of drug-likeness (QED) is 0.702. The highest BCUT2D eigenvalue weighted by Gasteiger charge is 2.21. The third kappa shape index (κ3) is 1.81. The van der Waals surface area contributed by atoms with E-state index in [2.05, 4.69) is 45.1 Å². The van der Waals surface area contributed by atoms with Crippen LogP contribution in [0.1, 0.15) is 31.9 Å². The molecule has 1 aromatic rings. The number of benzene rings is 1. The van der Waals surface area contributed by atoms with Crippen molar-refractivity contribution in [2.45, 2.75) is 33.1 Å². The molecule has 1 aliphatic rings. The SMILES string of the molecule is Cc1c(C(C)(C)C)ccc2c1NCCO2. The normalized spacial score (nSPS) is 15.2. The van der Waals surface area contributed by atoms with Crippen LogP contribution >= 0.6 is 0 Å². The van der Waals surface area contributed by atoms with Gasteiger partial charge in [0.2, 0.25) is 0 Å². The first-order valence-corrected chi connectivity index (χ1v) is 5.51. The lowest BCUT2D eigenvalue weighted by atomic mass is 9.83. The highest BCUT2D eigenvalue weighted by Crippen LogP contribution is 2.37. The summed E-state index contributed by atoms with van der Waals surface area (Å²) in [5.74, 6) is 0.992. The molecule has 0 fully saturated rings. The van der Waals surface area contributed by atoms with Crippen LogP contribution in [0, 0.1) is 6.92 Å². The van der Waals surface area contributed by atoms with Gasteiger partial charge >= 0.3 is 0 Å². The van der Waals surface area contributed by atoms with Crippen molar-refractivity contribution in [2.75, 3.05) is 18.5 Å². The standard InChI is InChI=1S/C13H19NO/c1-9-10(13(2,3)4)5-6-11-12(9)14-7-8-15-11/h5-6,14H,7-8H2,1-4H3. The number of fused-ring (bicyclic) bond motifs is 1. The third-order valence-electron chi connectivity index (χ3n) is 2.90. The summed E-state index contributed by atoms with van der Waals surface area (Å²) in [6, 6.07) is 4.26. The van der Waals surface area contributed by atoms with Gasteiger partial charge in [0.1, 0.15) is 12.4 Å². The van der Waals surface area contributed by atoms with E-state index < -0.39 is 0 Å². The molecule has 0 unspecified atom stereocenters. The van der Waals surface area contributed by atoms with Crippen LogP contribution in [-0.4, -0.2) is 13.2 Å². The van der Waals surface area contributed by atoms with Crippen molar-refractivity contribution >= 4 is 5.69 Å². The van der Waals surface area contributed by atoms with Crippen LogP contribution in [-0.2, 0) is 5.41 Å². The Morgan fingerprint density at radius 3 is 2.67 bits per heavy atom. The summed E-state index contributed by atoms with van der Waals surface area (Å²) in [6.45, 7) is 10.6. The zero-order valence-corrected chi connectivity index (χ0v) is 9.98. The van der Waals surface area contributed by atoms with Gasteiger partial charge in [0.05, 0.1) is 5.69 Å². The predicted molar refractivity (Wildman–Crippen MR) is 63.9 cm³/mol. The molecule has 0 atom stereocenters. The number of hydrogen-bond acceptors (Lipinski definition) is 2. The van der Waals surface area contributed by atoms with Crippen molar-refractivity contribution in [3.8, 4) is 5.75 Å². The Morgan fingerprint density at radius 2 is 2.00 bits per heavy atom. The zero-order chi connectivity index (χ0) is 11.1. The Hall–Kier alpha value is -1.18. The average molecular weight is 205 g/mol. The molecule has 2 nitrogen and oxygen atoms in total. The Kier molecular flexibility index (Phi) is 2.37. The maximum atomic E-state index is 5.61. The van der Waals surface area contributed by atoms with Crippen molar-refractivity contribution in [3.05, 3.63) is 23.3 Å². The monoisotopic (exact) mass is 205 g/mol. The summed E-state index contributed by atoms with van der Waals surface area (Å²) < 4.78 is 5.61. The molecular formula is C13H19NO. The van der Waals surface area contributed by atoms with E-state index in [0.29, 0.717) is 0 Å². The van der Waals surface area contributed by atoms with Gasteiger partial charge in [0, 0.05) is 6.54 Å². The van der Waals surface area contributed by atoms with Gasteiger partial charge in [0.25, 0.3) is 0 Å². The first kappa shape index (κ1) is 10.3. The Balaban J connectivity index is 2.53.